The highest BCUT2D eigenvalue weighted by Gasteiger charge is 2.27. The fourth-order valence-corrected chi connectivity index (χ4v) is 4.21. The lowest BCUT2D eigenvalue weighted by molar-refractivity contribution is 0.103. The van der Waals surface area contributed by atoms with Gasteiger partial charge in [0.1, 0.15) is 0 Å². The van der Waals surface area contributed by atoms with Gasteiger partial charge in [0.25, 0.3) is 0 Å². The van der Waals surface area contributed by atoms with Gasteiger partial charge in [0.2, 0.25) is 0 Å². The third-order valence-corrected chi connectivity index (χ3v) is 5.55. The van der Waals surface area contributed by atoms with Crippen LogP contribution < -0.4 is 0 Å². The Morgan fingerprint density at radius 1 is 1.14 bits per heavy atom. The molecule has 0 amide bonds. The minimum absolute atomic E-state index is 0.271. The third kappa shape index (κ3) is 5.43. The molecule has 2 rings (SSSR count). The monoisotopic (exact) mass is 302 g/mol. The van der Waals surface area contributed by atoms with Crippen molar-refractivity contribution in [2.75, 3.05) is 13.7 Å². The van der Waals surface area contributed by atoms with E-state index in [2.05, 4.69) is 43.4 Å². The Labute approximate surface area is 137 Å². The molecule has 0 heterocycles. The average Bonchev–Trinajstić information content (AvgIpc) is 2.55. The second kappa shape index (κ2) is 9.35. The number of methoxy groups -OCH3 is 1. The molecule has 1 nitrogen and oxygen atoms in total. The Morgan fingerprint density at radius 3 is 2.59 bits per heavy atom. The molecule has 1 heteroatoms. The topological polar surface area (TPSA) is 9.23 Å². The van der Waals surface area contributed by atoms with Crippen molar-refractivity contribution >= 4 is 0 Å². The summed E-state index contributed by atoms with van der Waals surface area (Å²) in [6.07, 6.45) is 26.0. The summed E-state index contributed by atoms with van der Waals surface area (Å²) < 4.78 is 5.47. The highest BCUT2D eigenvalue weighted by Crippen LogP contribution is 2.36. The Hall–Kier alpha value is -0.820. The summed E-state index contributed by atoms with van der Waals surface area (Å²) >= 11 is 0. The summed E-state index contributed by atoms with van der Waals surface area (Å²) in [5.74, 6) is 1.85. The summed E-state index contributed by atoms with van der Waals surface area (Å²) in [7, 11) is 1.83. The van der Waals surface area contributed by atoms with Gasteiger partial charge in [-0.3, -0.25) is 0 Å². The molecule has 0 N–H and O–H groups in total. The first kappa shape index (κ1) is 17.5. The molecule has 1 saturated carbocycles. The van der Waals surface area contributed by atoms with Gasteiger partial charge in [-0.1, -0.05) is 55.7 Å². The lowest BCUT2D eigenvalue weighted by atomic mass is 9.76. The van der Waals surface area contributed by atoms with Gasteiger partial charge < -0.3 is 4.74 Å². The lowest BCUT2D eigenvalue weighted by Gasteiger charge is -2.31. The van der Waals surface area contributed by atoms with Crippen molar-refractivity contribution in [1.29, 1.82) is 0 Å². The van der Waals surface area contributed by atoms with Crippen LogP contribution in [0.3, 0.4) is 0 Å². The standard InChI is InChI=1S/C21H34O/c1-3-9-19-11-13-20(14-12-19)10-5-8-17-21(18-22-2)15-6-4-7-16-21/h3-4,6-7,9,15,19-20H,5,8,10-14,16-18H2,1-2H3. The molecule has 0 radical (unpaired) electrons. The first-order valence-corrected chi connectivity index (χ1v) is 9.24. The number of allylic oxidation sites excluding steroid dienone is 5. The Kier molecular flexibility index (Phi) is 7.45. The predicted octanol–water partition coefficient (Wildman–Crippen LogP) is 6.08. The highest BCUT2D eigenvalue weighted by molar-refractivity contribution is 5.16. The van der Waals surface area contributed by atoms with Crippen molar-refractivity contribution in [2.24, 2.45) is 17.3 Å². The maximum absolute atomic E-state index is 5.47. The van der Waals surface area contributed by atoms with Crippen molar-refractivity contribution < 1.29 is 4.74 Å². The Morgan fingerprint density at radius 2 is 1.95 bits per heavy atom. The first-order valence-electron chi connectivity index (χ1n) is 9.24. The molecule has 1 atom stereocenters. The van der Waals surface area contributed by atoms with E-state index in [1.54, 1.807) is 0 Å². The SMILES string of the molecule is CC=CC1CCC(CCCCC2(COC)C=CC=CC2)CC1. The molecule has 2 aliphatic carbocycles. The van der Waals surface area contributed by atoms with E-state index in [9.17, 15) is 0 Å². The normalized spacial score (nSPS) is 31.9. The molecule has 0 aromatic rings. The van der Waals surface area contributed by atoms with Gasteiger partial charge in [0.15, 0.2) is 0 Å². The maximum atomic E-state index is 5.47. The van der Waals surface area contributed by atoms with E-state index in [0.717, 1.165) is 24.9 Å². The van der Waals surface area contributed by atoms with Crippen molar-refractivity contribution in [1.82, 2.24) is 0 Å². The summed E-state index contributed by atoms with van der Waals surface area (Å²) in [6, 6.07) is 0. The molecule has 0 bridgehead atoms. The summed E-state index contributed by atoms with van der Waals surface area (Å²) in [6.45, 7) is 3.01. The highest BCUT2D eigenvalue weighted by atomic mass is 16.5. The van der Waals surface area contributed by atoms with E-state index in [-0.39, 0.29) is 5.41 Å². The predicted molar refractivity (Wildman–Crippen MR) is 95.9 cm³/mol. The fraction of sp³-hybridized carbons (Fsp3) is 0.714. The van der Waals surface area contributed by atoms with Gasteiger partial charge in [-0.05, 0) is 57.3 Å². The van der Waals surface area contributed by atoms with Gasteiger partial charge in [-0.15, -0.1) is 0 Å². The minimum Gasteiger partial charge on any atom is -0.384 e. The van der Waals surface area contributed by atoms with Crippen LogP contribution in [0.15, 0.2) is 36.5 Å². The van der Waals surface area contributed by atoms with Crippen LogP contribution in [0.4, 0.5) is 0 Å². The largest absolute Gasteiger partial charge is 0.384 e. The molecular formula is C21H34O. The molecule has 0 aromatic carbocycles. The molecule has 0 aromatic heterocycles. The van der Waals surface area contributed by atoms with Crippen LogP contribution in [-0.4, -0.2) is 13.7 Å². The quantitative estimate of drug-likeness (QED) is 0.390. The van der Waals surface area contributed by atoms with Crippen LogP contribution in [0.5, 0.6) is 0 Å². The molecular weight excluding hydrogens is 268 g/mol. The molecule has 2 aliphatic rings. The second-order valence-electron chi connectivity index (χ2n) is 7.34. The maximum Gasteiger partial charge on any atom is 0.0556 e. The minimum atomic E-state index is 0.271. The van der Waals surface area contributed by atoms with Crippen molar-refractivity contribution in [3.63, 3.8) is 0 Å². The summed E-state index contributed by atoms with van der Waals surface area (Å²) in [5, 5.41) is 0. The Balaban J connectivity index is 1.64. The second-order valence-corrected chi connectivity index (χ2v) is 7.34. The van der Waals surface area contributed by atoms with Crippen LogP contribution in [-0.2, 0) is 4.74 Å². The Bertz CT molecular complexity index is 385. The molecule has 22 heavy (non-hydrogen) atoms. The van der Waals surface area contributed by atoms with E-state index < -0.39 is 0 Å². The van der Waals surface area contributed by atoms with Crippen LogP contribution >= 0.6 is 0 Å². The zero-order chi connectivity index (χ0) is 15.7. The molecule has 1 fully saturated rings. The summed E-state index contributed by atoms with van der Waals surface area (Å²) in [4.78, 5) is 0. The molecule has 124 valence electrons. The van der Waals surface area contributed by atoms with Gasteiger partial charge in [0, 0.05) is 12.5 Å². The van der Waals surface area contributed by atoms with Crippen molar-refractivity contribution in [3.8, 4) is 0 Å². The van der Waals surface area contributed by atoms with Gasteiger partial charge in [-0.2, -0.15) is 0 Å². The first-order chi connectivity index (χ1) is 10.8. The molecule has 0 aliphatic heterocycles. The molecule has 0 saturated heterocycles. The van der Waals surface area contributed by atoms with E-state index >= 15 is 0 Å². The van der Waals surface area contributed by atoms with E-state index in [4.69, 9.17) is 4.74 Å². The smallest absolute Gasteiger partial charge is 0.0556 e. The number of hydrogen-bond acceptors (Lipinski definition) is 1. The van der Waals surface area contributed by atoms with Crippen molar-refractivity contribution in [3.05, 3.63) is 36.5 Å². The van der Waals surface area contributed by atoms with Gasteiger partial charge in [-0.25, -0.2) is 0 Å². The number of hydrogen-bond donors (Lipinski definition) is 0. The number of ether oxygens (including phenoxy) is 1. The zero-order valence-electron chi connectivity index (χ0n) is 14.6. The van der Waals surface area contributed by atoms with Crippen LogP contribution in [0.1, 0.15) is 64.7 Å². The fourth-order valence-electron chi connectivity index (χ4n) is 4.21. The van der Waals surface area contributed by atoms with Crippen LogP contribution in [0, 0.1) is 17.3 Å². The lowest BCUT2D eigenvalue weighted by Crippen LogP contribution is -2.24. The third-order valence-electron chi connectivity index (χ3n) is 5.55. The van der Waals surface area contributed by atoms with Crippen LogP contribution in [0.25, 0.3) is 0 Å². The molecule has 1 unspecified atom stereocenters. The summed E-state index contributed by atoms with van der Waals surface area (Å²) in [5.41, 5.74) is 0.271. The number of rotatable bonds is 8. The van der Waals surface area contributed by atoms with E-state index in [0.29, 0.717) is 0 Å². The average molecular weight is 303 g/mol. The van der Waals surface area contributed by atoms with Gasteiger partial charge in [0.05, 0.1) is 6.61 Å². The zero-order valence-corrected chi connectivity index (χ0v) is 14.6. The van der Waals surface area contributed by atoms with Crippen molar-refractivity contribution in [2.45, 2.75) is 64.7 Å². The van der Waals surface area contributed by atoms with Gasteiger partial charge >= 0.3 is 0 Å². The van der Waals surface area contributed by atoms with E-state index in [1.807, 2.05) is 7.11 Å². The van der Waals surface area contributed by atoms with Crippen LogP contribution in [0.2, 0.25) is 0 Å². The number of unbranched alkanes of at least 4 members (excludes halogenated alkanes) is 1. The van der Waals surface area contributed by atoms with E-state index in [1.165, 1.54) is 51.4 Å². The molecule has 0 spiro atoms.